The number of hydrogen-bond donors (Lipinski definition) is 2. The number of anilines is 1. The smallest absolute Gasteiger partial charge is 0.253 e. The maximum Gasteiger partial charge on any atom is 0.253 e. The minimum Gasteiger partial charge on any atom is -0.497 e. The van der Waals surface area contributed by atoms with E-state index in [1.165, 1.54) is 14.2 Å². The van der Waals surface area contributed by atoms with Crippen LogP contribution in [0.1, 0.15) is 16.1 Å². The molecule has 0 bridgehead atoms. The maximum atomic E-state index is 12.2. The number of benzene rings is 1. The molecule has 1 aromatic carbocycles. The highest BCUT2D eigenvalue weighted by Gasteiger charge is 2.15. The molecule has 0 spiro atoms. The van der Waals surface area contributed by atoms with E-state index in [2.05, 4.69) is 15.5 Å². The summed E-state index contributed by atoms with van der Waals surface area (Å²) in [6, 6.07) is 6.69. The third-order valence-corrected chi connectivity index (χ3v) is 2.87. The molecule has 0 aliphatic carbocycles. The average Bonchev–Trinajstić information content (AvgIpc) is 2.53. The van der Waals surface area contributed by atoms with E-state index in [0.717, 1.165) is 0 Å². The van der Waals surface area contributed by atoms with E-state index in [0.29, 0.717) is 17.2 Å². The van der Waals surface area contributed by atoms with Gasteiger partial charge in [0.15, 0.2) is 0 Å². The minimum absolute atomic E-state index is 0.256. The van der Waals surface area contributed by atoms with Gasteiger partial charge in [-0.3, -0.25) is 4.79 Å². The standard InChI is InChI=1S/C14H16N4O3/c1-20-10-6-11(13(15)12(7-10)21-2)14(19)16-8-9-4-3-5-17-18-9/h3-7H,8,15H2,1-2H3,(H,16,19). The number of amides is 1. The van der Waals surface area contributed by atoms with Crippen molar-refractivity contribution in [2.75, 3.05) is 20.0 Å². The Morgan fingerprint density at radius 2 is 2.14 bits per heavy atom. The highest BCUT2D eigenvalue weighted by molar-refractivity contribution is 6.00. The molecule has 0 saturated heterocycles. The fourth-order valence-electron chi connectivity index (χ4n) is 1.77. The number of nitrogens with zero attached hydrogens (tertiary/aromatic N) is 2. The molecule has 0 saturated carbocycles. The number of rotatable bonds is 5. The fraction of sp³-hybridized carbons (Fsp3) is 0.214. The van der Waals surface area contributed by atoms with Crippen molar-refractivity contribution in [2.24, 2.45) is 0 Å². The number of nitrogens with two attached hydrogens (primary N) is 1. The molecule has 1 heterocycles. The lowest BCUT2D eigenvalue weighted by Crippen LogP contribution is -2.24. The van der Waals surface area contributed by atoms with Gasteiger partial charge in [-0.1, -0.05) is 0 Å². The molecule has 1 aromatic heterocycles. The van der Waals surface area contributed by atoms with Gasteiger partial charge in [-0.15, -0.1) is 0 Å². The molecular weight excluding hydrogens is 272 g/mol. The molecule has 0 aliphatic heterocycles. The van der Waals surface area contributed by atoms with E-state index < -0.39 is 0 Å². The summed E-state index contributed by atoms with van der Waals surface area (Å²) >= 11 is 0. The molecule has 110 valence electrons. The lowest BCUT2D eigenvalue weighted by atomic mass is 10.1. The molecular formula is C14H16N4O3. The highest BCUT2D eigenvalue weighted by atomic mass is 16.5. The summed E-state index contributed by atoms with van der Waals surface area (Å²) in [7, 11) is 2.98. The Balaban J connectivity index is 2.18. The molecule has 21 heavy (non-hydrogen) atoms. The fourth-order valence-corrected chi connectivity index (χ4v) is 1.77. The van der Waals surface area contributed by atoms with E-state index in [1.54, 1.807) is 30.5 Å². The molecule has 0 unspecified atom stereocenters. The molecule has 0 radical (unpaired) electrons. The van der Waals surface area contributed by atoms with E-state index in [9.17, 15) is 4.79 Å². The van der Waals surface area contributed by atoms with Gasteiger partial charge in [0, 0.05) is 12.3 Å². The van der Waals surface area contributed by atoms with Gasteiger partial charge >= 0.3 is 0 Å². The third-order valence-electron chi connectivity index (χ3n) is 2.87. The second-order valence-electron chi connectivity index (χ2n) is 4.19. The summed E-state index contributed by atoms with van der Waals surface area (Å²) in [5, 5.41) is 10.4. The first-order valence-electron chi connectivity index (χ1n) is 6.22. The van der Waals surface area contributed by atoms with Gasteiger partial charge in [-0.05, 0) is 18.2 Å². The van der Waals surface area contributed by atoms with Crippen LogP contribution in [-0.2, 0) is 6.54 Å². The van der Waals surface area contributed by atoms with Gasteiger partial charge in [0.2, 0.25) is 0 Å². The zero-order valence-electron chi connectivity index (χ0n) is 11.8. The Bertz CT molecular complexity index is 632. The first-order valence-corrected chi connectivity index (χ1v) is 6.22. The maximum absolute atomic E-state index is 12.2. The van der Waals surface area contributed by atoms with Gasteiger partial charge in [-0.25, -0.2) is 0 Å². The summed E-state index contributed by atoms with van der Waals surface area (Å²) in [6.45, 7) is 0.256. The largest absolute Gasteiger partial charge is 0.497 e. The Morgan fingerprint density at radius 3 is 2.76 bits per heavy atom. The summed E-state index contributed by atoms with van der Waals surface area (Å²) in [5.74, 6) is 0.542. The molecule has 1 amide bonds. The van der Waals surface area contributed by atoms with Crippen molar-refractivity contribution in [1.82, 2.24) is 15.5 Å². The topological polar surface area (TPSA) is 99.4 Å². The molecule has 7 heteroatoms. The highest BCUT2D eigenvalue weighted by Crippen LogP contribution is 2.30. The average molecular weight is 288 g/mol. The normalized spacial score (nSPS) is 10.0. The zero-order chi connectivity index (χ0) is 15.2. The molecule has 2 aromatic rings. The van der Waals surface area contributed by atoms with Crippen LogP contribution in [0.25, 0.3) is 0 Å². The van der Waals surface area contributed by atoms with Crippen LogP contribution in [0.5, 0.6) is 11.5 Å². The summed E-state index contributed by atoms with van der Waals surface area (Å²) in [4.78, 5) is 12.2. The zero-order valence-corrected chi connectivity index (χ0v) is 11.8. The first kappa shape index (κ1) is 14.6. The molecule has 2 rings (SSSR count). The molecule has 3 N–H and O–H groups in total. The number of carbonyl (C=O) groups excluding carboxylic acids is 1. The monoisotopic (exact) mass is 288 g/mol. The van der Waals surface area contributed by atoms with Crippen molar-refractivity contribution < 1.29 is 14.3 Å². The number of aromatic nitrogens is 2. The number of nitrogens with one attached hydrogen (secondary N) is 1. The van der Waals surface area contributed by atoms with Crippen LogP contribution in [0, 0.1) is 0 Å². The lowest BCUT2D eigenvalue weighted by Gasteiger charge is -2.12. The van der Waals surface area contributed by atoms with E-state index in [1.807, 2.05) is 0 Å². The van der Waals surface area contributed by atoms with Crippen LogP contribution >= 0.6 is 0 Å². The van der Waals surface area contributed by atoms with Crippen molar-refractivity contribution in [3.63, 3.8) is 0 Å². The Morgan fingerprint density at radius 1 is 1.33 bits per heavy atom. The first-order chi connectivity index (χ1) is 10.2. The van der Waals surface area contributed by atoms with Gasteiger partial charge in [0.1, 0.15) is 11.5 Å². The van der Waals surface area contributed by atoms with Gasteiger partial charge < -0.3 is 20.5 Å². The van der Waals surface area contributed by atoms with Crippen molar-refractivity contribution in [3.8, 4) is 11.5 Å². The molecule has 0 atom stereocenters. The van der Waals surface area contributed by atoms with Crippen LogP contribution in [-0.4, -0.2) is 30.3 Å². The third kappa shape index (κ3) is 3.38. The number of nitrogen functional groups attached to an aromatic ring is 1. The Labute approximate surface area is 122 Å². The molecule has 0 fully saturated rings. The number of ether oxygens (including phenoxy) is 2. The number of carbonyl (C=O) groups is 1. The van der Waals surface area contributed by atoms with Crippen molar-refractivity contribution >= 4 is 11.6 Å². The van der Waals surface area contributed by atoms with Gasteiger partial charge in [-0.2, -0.15) is 10.2 Å². The SMILES string of the molecule is COc1cc(OC)c(N)c(C(=O)NCc2cccnn2)c1. The predicted molar refractivity (Wildman–Crippen MR) is 77.2 cm³/mol. The summed E-state index contributed by atoms with van der Waals surface area (Å²) < 4.78 is 10.3. The number of hydrogen-bond acceptors (Lipinski definition) is 6. The Hall–Kier alpha value is -2.83. The minimum atomic E-state index is -0.338. The van der Waals surface area contributed by atoms with E-state index in [-0.39, 0.29) is 23.7 Å². The van der Waals surface area contributed by atoms with Crippen molar-refractivity contribution in [2.45, 2.75) is 6.54 Å². The van der Waals surface area contributed by atoms with E-state index in [4.69, 9.17) is 15.2 Å². The van der Waals surface area contributed by atoms with Crippen molar-refractivity contribution in [3.05, 3.63) is 41.7 Å². The second-order valence-corrected chi connectivity index (χ2v) is 4.19. The predicted octanol–water partition coefficient (Wildman–Crippen LogP) is 1.01. The van der Waals surface area contributed by atoms with Crippen LogP contribution < -0.4 is 20.5 Å². The lowest BCUT2D eigenvalue weighted by molar-refractivity contribution is 0.0950. The summed E-state index contributed by atoms with van der Waals surface area (Å²) in [5.41, 5.74) is 7.12. The van der Waals surface area contributed by atoms with Crippen molar-refractivity contribution in [1.29, 1.82) is 0 Å². The quantitative estimate of drug-likeness (QED) is 0.796. The van der Waals surface area contributed by atoms with Gasteiger partial charge in [0.25, 0.3) is 5.91 Å². The van der Waals surface area contributed by atoms with E-state index >= 15 is 0 Å². The summed E-state index contributed by atoms with van der Waals surface area (Å²) in [6.07, 6.45) is 1.57. The Kier molecular flexibility index (Phi) is 4.55. The van der Waals surface area contributed by atoms with Crippen LogP contribution in [0.2, 0.25) is 0 Å². The molecule has 0 aliphatic rings. The molecule has 7 nitrogen and oxygen atoms in total. The number of methoxy groups -OCH3 is 2. The van der Waals surface area contributed by atoms with Crippen LogP contribution in [0.4, 0.5) is 5.69 Å². The van der Waals surface area contributed by atoms with Gasteiger partial charge in [0.05, 0.1) is 37.7 Å². The second kappa shape index (κ2) is 6.56. The van der Waals surface area contributed by atoms with Crippen LogP contribution in [0.15, 0.2) is 30.5 Å². The van der Waals surface area contributed by atoms with Crippen LogP contribution in [0.3, 0.4) is 0 Å².